The van der Waals surface area contributed by atoms with Crippen LogP contribution in [-0.4, -0.2) is 11.5 Å². The maximum absolute atomic E-state index is 10.7. The number of nitrogens with zero attached hydrogens (tertiary/aromatic N) is 1. The molecule has 1 aromatic rings. The third-order valence-electron chi connectivity index (χ3n) is 2.18. The first-order valence-corrected chi connectivity index (χ1v) is 5.66. The topological polar surface area (TPSA) is 52.4 Å². The van der Waals surface area contributed by atoms with E-state index in [1.54, 1.807) is 13.0 Å². The van der Waals surface area contributed by atoms with E-state index in [1.807, 2.05) is 20.8 Å². The average Bonchev–Trinajstić information content (AvgIpc) is 2.18. The Hall–Kier alpha value is -1.29. The summed E-state index contributed by atoms with van der Waals surface area (Å²) in [6.07, 6.45) is 0. The van der Waals surface area contributed by atoms with Crippen molar-refractivity contribution >= 4 is 17.3 Å². The number of hydrogen-bond donors (Lipinski definition) is 0. The zero-order valence-electron chi connectivity index (χ0n) is 10.4. The fourth-order valence-electron chi connectivity index (χ4n) is 1.25. The molecule has 1 aromatic carbocycles. The van der Waals surface area contributed by atoms with E-state index in [4.69, 9.17) is 16.3 Å². The standard InChI is InChI=1S/C12H16ClNO3/c1-8-9(14(15)16)5-6-10(11(8)13)17-7-12(2,3)4/h5-6H,7H2,1-4H3. The molecule has 0 fully saturated rings. The number of rotatable bonds is 3. The first kappa shape index (κ1) is 13.8. The minimum absolute atomic E-state index is 0.0121. The fraction of sp³-hybridized carbons (Fsp3) is 0.500. The summed E-state index contributed by atoms with van der Waals surface area (Å²) >= 11 is 6.04. The SMILES string of the molecule is Cc1c([N+](=O)[O-])ccc(OCC(C)(C)C)c1Cl. The molecule has 0 saturated carbocycles. The van der Waals surface area contributed by atoms with Gasteiger partial charge < -0.3 is 4.74 Å². The molecule has 0 unspecified atom stereocenters. The van der Waals surface area contributed by atoms with Gasteiger partial charge in [-0.15, -0.1) is 0 Å². The highest BCUT2D eigenvalue weighted by atomic mass is 35.5. The second kappa shape index (κ2) is 4.92. The van der Waals surface area contributed by atoms with Crippen LogP contribution in [0.2, 0.25) is 5.02 Å². The summed E-state index contributed by atoms with van der Waals surface area (Å²) in [6.45, 7) is 8.24. The highest BCUT2D eigenvalue weighted by molar-refractivity contribution is 6.33. The van der Waals surface area contributed by atoms with E-state index in [2.05, 4.69) is 0 Å². The van der Waals surface area contributed by atoms with Crippen molar-refractivity contribution in [1.82, 2.24) is 0 Å². The molecule has 0 heterocycles. The maximum atomic E-state index is 10.7. The van der Waals surface area contributed by atoms with Crippen molar-refractivity contribution < 1.29 is 9.66 Å². The largest absolute Gasteiger partial charge is 0.491 e. The minimum atomic E-state index is -0.450. The molecule has 94 valence electrons. The zero-order valence-corrected chi connectivity index (χ0v) is 11.2. The smallest absolute Gasteiger partial charge is 0.274 e. The number of benzene rings is 1. The molecule has 0 amide bonds. The second-order valence-electron chi connectivity index (χ2n) is 5.13. The van der Waals surface area contributed by atoms with Crippen LogP contribution in [0.15, 0.2) is 12.1 Å². The lowest BCUT2D eigenvalue weighted by Crippen LogP contribution is -2.17. The van der Waals surface area contributed by atoms with Crippen molar-refractivity contribution in [2.45, 2.75) is 27.7 Å². The van der Waals surface area contributed by atoms with Gasteiger partial charge in [-0.1, -0.05) is 32.4 Å². The number of nitro benzene ring substituents is 1. The Bertz CT molecular complexity index is 438. The van der Waals surface area contributed by atoms with Crippen LogP contribution in [0.4, 0.5) is 5.69 Å². The van der Waals surface area contributed by atoms with Gasteiger partial charge in [0.1, 0.15) is 5.75 Å². The third kappa shape index (κ3) is 3.60. The normalized spacial score (nSPS) is 11.4. The Morgan fingerprint density at radius 2 is 2.00 bits per heavy atom. The summed E-state index contributed by atoms with van der Waals surface area (Å²) in [5.74, 6) is 0.490. The van der Waals surface area contributed by atoms with Gasteiger partial charge in [0.2, 0.25) is 0 Å². The van der Waals surface area contributed by atoms with Gasteiger partial charge in [-0.3, -0.25) is 10.1 Å². The van der Waals surface area contributed by atoms with Crippen LogP contribution in [0.25, 0.3) is 0 Å². The summed E-state index contributed by atoms with van der Waals surface area (Å²) in [5, 5.41) is 11.0. The van der Waals surface area contributed by atoms with Gasteiger partial charge in [-0.25, -0.2) is 0 Å². The summed E-state index contributed by atoms with van der Waals surface area (Å²) in [7, 11) is 0. The van der Waals surface area contributed by atoms with Gasteiger partial charge >= 0.3 is 0 Å². The van der Waals surface area contributed by atoms with Crippen LogP contribution in [-0.2, 0) is 0 Å². The molecule has 0 spiro atoms. The Labute approximate surface area is 106 Å². The summed E-state index contributed by atoms with van der Waals surface area (Å²) < 4.78 is 5.56. The Balaban J connectivity index is 2.97. The van der Waals surface area contributed by atoms with Crippen LogP contribution in [0.5, 0.6) is 5.75 Å². The van der Waals surface area contributed by atoms with Crippen molar-refractivity contribution in [2.24, 2.45) is 5.41 Å². The van der Waals surface area contributed by atoms with Crippen molar-refractivity contribution in [3.63, 3.8) is 0 Å². The molecular formula is C12H16ClNO3. The Morgan fingerprint density at radius 3 is 2.47 bits per heavy atom. The summed E-state index contributed by atoms with van der Waals surface area (Å²) in [5.41, 5.74) is 0.458. The molecule has 1 rings (SSSR count). The van der Waals surface area contributed by atoms with E-state index in [1.165, 1.54) is 6.07 Å². The molecular weight excluding hydrogens is 242 g/mol. The maximum Gasteiger partial charge on any atom is 0.274 e. The number of halogens is 1. The Morgan fingerprint density at radius 1 is 1.41 bits per heavy atom. The van der Waals surface area contributed by atoms with Crippen molar-refractivity contribution in [3.05, 3.63) is 32.8 Å². The molecule has 0 radical (unpaired) electrons. The zero-order chi connectivity index (χ0) is 13.2. The van der Waals surface area contributed by atoms with E-state index in [9.17, 15) is 10.1 Å². The molecule has 4 nitrogen and oxygen atoms in total. The molecule has 0 aliphatic carbocycles. The Kier molecular flexibility index (Phi) is 3.98. The molecule has 0 aliphatic heterocycles. The molecule has 5 heteroatoms. The van der Waals surface area contributed by atoms with E-state index in [0.717, 1.165) is 0 Å². The lowest BCUT2D eigenvalue weighted by molar-refractivity contribution is -0.385. The second-order valence-corrected chi connectivity index (χ2v) is 5.51. The summed E-state index contributed by atoms with van der Waals surface area (Å²) in [6, 6.07) is 2.96. The van der Waals surface area contributed by atoms with E-state index in [0.29, 0.717) is 22.9 Å². The lowest BCUT2D eigenvalue weighted by atomic mass is 9.99. The molecule has 0 N–H and O–H groups in total. The predicted molar refractivity (Wildman–Crippen MR) is 67.8 cm³/mol. The minimum Gasteiger partial charge on any atom is -0.491 e. The molecule has 0 aromatic heterocycles. The van der Waals surface area contributed by atoms with Gasteiger partial charge in [-0.2, -0.15) is 0 Å². The van der Waals surface area contributed by atoms with Gasteiger partial charge in [0, 0.05) is 11.6 Å². The van der Waals surface area contributed by atoms with Gasteiger partial charge in [0.05, 0.1) is 16.6 Å². The fourth-order valence-corrected chi connectivity index (χ4v) is 1.47. The van der Waals surface area contributed by atoms with Gasteiger partial charge in [0.25, 0.3) is 5.69 Å². The average molecular weight is 258 g/mol. The van der Waals surface area contributed by atoms with E-state index in [-0.39, 0.29) is 11.1 Å². The molecule has 0 saturated heterocycles. The number of nitro groups is 1. The monoisotopic (exact) mass is 257 g/mol. The van der Waals surface area contributed by atoms with Crippen molar-refractivity contribution in [3.8, 4) is 5.75 Å². The van der Waals surface area contributed by atoms with Crippen LogP contribution < -0.4 is 4.74 Å². The number of hydrogen-bond acceptors (Lipinski definition) is 3. The summed E-state index contributed by atoms with van der Waals surface area (Å²) in [4.78, 5) is 10.3. The first-order valence-electron chi connectivity index (χ1n) is 5.28. The highest BCUT2D eigenvalue weighted by Gasteiger charge is 2.18. The molecule has 0 atom stereocenters. The van der Waals surface area contributed by atoms with Crippen LogP contribution in [0.3, 0.4) is 0 Å². The first-order chi connectivity index (χ1) is 7.72. The van der Waals surface area contributed by atoms with Crippen LogP contribution in [0.1, 0.15) is 26.3 Å². The lowest BCUT2D eigenvalue weighted by Gasteiger charge is -2.19. The number of ether oxygens (including phenoxy) is 1. The molecule has 17 heavy (non-hydrogen) atoms. The van der Waals surface area contributed by atoms with Crippen LogP contribution >= 0.6 is 11.6 Å². The van der Waals surface area contributed by atoms with Crippen molar-refractivity contribution in [2.75, 3.05) is 6.61 Å². The predicted octanol–water partition coefficient (Wildman–Crippen LogP) is 3.98. The third-order valence-corrected chi connectivity index (χ3v) is 2.65. The van der Waals surface area contributed by atoms with Gasteiger partial charge in [-0.05, 0) is 18.4 Å². The highest BCUT2D eigenvalue weighted by Crippen LogP contribution is 2.34. The molecule has 0 bridgehead atoms. The molecule has 0 aliphatic rings. The van der Waals surface area contributed by atoms with Gasteiger partial charge in [0.15, 0.2) is 0 Å². The van der Waals surface area contributed by atoms with Crippen LogP contribution in [0, 0.1) is 22.5 Å². The van der Waals surface area contributed by atoms with Crippen molar-refractivity contribution in [1.29, 1.82) is 0 Å². The quantitative estimate of drug-likeness (QED) is 0.608. The van der Waals surface area contributed by atoms with E-state index < -0.39 is 4.92 Å². The van der Waals surface area contributed by atoms with E-state index >= 15 is 0 Å².